The number of hydrogen-bond donors (Lipinski definition) is 1. The molecule has 0 aliphatic rings. The number of anilines is 1. The van der Waals surface area contributed by atoms with E-state index in [0.29, 0.717) is 9.80 Å². The molecule has 0 heterocycles. The molecule has 3 nitrogen and oxygen atoms in total. The van der Waals surface area contributed by atoms with Gasteiger partial charge in [0.1, 0.15) is 5.82 Å². The molecule has 0 amide bonds. The number of rotatable bonds is 4. The quantitative estimate of drug-likeness (QED) is 0.747. The summed E-state index contributed by atoms with van der Waals surface area (Å²) >= 11 is 6.40. The summed E-state index contributed by atoms with van der Waals surface area (Å²) in [5.41, 5.74) is 0.872. The molecule has 106 valence electrons. The molecule has 0 fully saturated rings. The van der Waals surface area contributed by atoms with E-state index in [4.69, 9.17) is 0 Å². The SMILES string of the molecule is O=S(=O)(Nc1ccc(Br)cc1F)c1ccc(CBr)cc1. The van der Waals surface area contributed by atoms with Crippen molar-refractivity contribution in [3.05, 3.63) is 58.3 Å². The first-order valence-corrected chi connectivity index (χ1v) is 8.95. The van der Waals surface area contributed by atoms with E-state index in [9.17, 15) is 12.8 Å². The Morgan fingerprint density at radius 3 is 2.30 bits per heavy atom. The van der Waals surface area contributed by atoms with Gasteiger partial charge in [-0.2, -0.15) is 0 Å². The van der Waals surface area contributed by atoms with Gasteiger partial charge in [0.2, 0.25) is 0 Å². The molecule has 0 aliphatic heterocycles. The molecule has 2 rings (SSSR count). The predicted molar refractivity (Wildman–Crippen MR) is 84.0 cm³/mol. The summed E-state index contributed by atoms with van der Waals surface area (Å²) in [7, 11) is -3.79. The largest absolute Gasteiger partial charge is 0.277 e. The smallest absolute Gasteiger partial charge is 0.261 e. The Balaban J connectivity index is 2.30. The van der Waals surface area contributed by atoms with Gasteiger partial charge in [0.25, 0.3) is 10.0 Å². The molecule has 0 atom stereocenters. The normalized spacial score (nSPS) is 11.3. The van der Waals surface area contributed by atoms with E-state index in [1.807, 2.05) is 0 Å². The fourth-order valence-electron chi connectivity index (χ4n) is 1.53. The van der Waals surface area contributed by atoms with Gasteiger partial charge < -0.3 is 0 Å². The Bertz CT molecular complexity index is 718. The minimum absolute atomic E-state index is 0.0854. The molecule has 0 radical (unpaired) electrons. The molecular formula is C13H10Br2FNO2S. The molecular weight excluding hydrogens is 413 g/mol. The van der Waals surface area contributed by atoms with Crippen LogP contribution in [-0.2, 0) is 15.4 Å². The van der Waals surface area contributed by atoms with Crippen LogP contribution in [0, 0.1) is 5.82 Å². The second kappa shape index (κ2) is 6.24. The Morgan fingerprint density at radius 2 is 1.75 bits per heavy atom. The molecule has 1 N–H and O–H groups in total. The van der Waals surface area contributed by atoms with E-state index in [2.05, 4.69) is 36.6 Å². The van der Waals surface area contributed by atoms with Crippen LogP contribution in [0.1, 0.15) is 5.56 Å². The van der Waals surface area contributed by atoms with Crippen molar-refractivity contribution in [2.45, 2.75) is 10.2 Å². The summed E-state index contributed by atoms with van der Waals surface area (Å²) in [6, 6.07) is 10.5. The van der Waals surface area contributed by atoms with Gasteiger partial charge in [-0.05, 0) is 35.9 Å². The predicted octanol–water partition coefficient (Wildman–Crippen LogP) is 4.28. The molecule has 0 saturated carbocycles. The molecule has 2 aromatic carbocycles. The number of halogens is 3. The number of benzene rings is 2. The highest BCUT2D eigenvalue weighted by molar-refractivity contribution is 9.10. The van der Waals surface area contributed by atoms with Gasteiger partial charge in [0.15, 0.2) is 0 Å². The Morgan fingerprint density at radius 1 is 1.10 bits per heavy atom. The van der Waals surface area contributed by atoms with Crippen LogP contribution in [-0.4, -0.2) is 8.42 Å². The van der Waals surface area contributed by atoms with Crippen LogP contribution in [0.15, 0.2) is 51.8 Å². The number of alkyl halides is 1. The van der Waals surface area contributed by atoms with Gasteiger partial charge in [0.05, 0.1) is 10.6 Å². The Labute approximate surface area is 133 Å². The van der Waals surface area contributed by atoms with Crippen molar-refractivity contribution < 1.29 is 12.8 Å². The Kier molecular flexibility index (Phi) is 4.82. The zero-order valence-electron chi connectivity index (χ0n) is 10.1. The summed E-state index contributed by atoms with van der Waals surface area (Å²) in [6.45, 7) is 0. The van der Waals surface area contributed by atoms with Crippen LogP contribution in [0.2, 0.25) is 0 Å². The highest BCUT2D eigenvalue weighted by Gasteiger charge is 2.16. The second-order valence-electron chi connectivity index (χ2n) is 4.01. The molecule has 0 bridgehead atoms. The molecule has 20 heavy (non-hydrogen) atoms. The summed E-state index contributed by atoms with van der Waals surface area (Å²) < 4.78 is 40.7. The highest BCUT2D eigenvalue weighted by atomic mass is 79.9. The lowest BCUT2D eigenvalue weighted by atomic mass is 10.2. The highest BCUT2D eigenvalue weighted by Crippen LogP contribution is 2.22. The van der Waals surface area contributed by atoms with Crippen molar-refractivity contribution in [1.82, 2.24) is 0 Å². The number of sulfonamides is 1. The van der Waals surface area contributed by atoms with Crippen LogP contribution in [0.4, 0.5) is 10.1 Å². The van der Waals surface area contributed by atoms with Gasteiger partial charge in [-0.1, -0.05) is 44.0 Å². The standard InChI is InChI=1S/C13H10Br2FNO2S/c14-8-9-1-4-11(5-2-9)20(18,19)17-13-6-3-10(15)7-12(13)16/h1-7,17H,8H2. The fourth-order valence-corrected chi connectivity index (χ4v) is 3.31. The maximum Gasteiger partial charge on any atom is 0.261 e. The van der Waals surface area contributed by atoms with Crippen molar-refractivity contribution >= 4 is 47.6 Å². The average Bonchev–Trinajstić information content (AvgIpc) is 2.42. The van der Waals surface area contributed by atoms with Gasteiger partial charge in [-0.15, -0.1) is 0 Å². The first kappa shape index (κ1) is 15.5. The average molecular weight is 423 g/mol. The van der Waals surface area contributed by atoms with Crippen molar-refractivity contribution in [1.29, 1.82) is 0 Å². The topological polar surface area (TPSA) is 46.2 Å². The van der Waals surface area contributed by atoms with Crippen molar-refractivity contribution in [3.63, 3.8) is 0 Å². The van der Waals surface area contributed by atoms with E-state index < -0.39 is 15.8 Å². The minimum atomic E-state index is -3.79. The van der Waals surface area contributed by atoms with E-state index in [-0.39, 0.29) is 10.6 Å². The van der Waals surface area contributed by atoms with E-state index in [0.717, 1.165) is 5.56 Å². The Hall–Kier alpha value is -0.920. The summed E-state index contributed by atoms with van der Waals surface area (Å²) in [5.74, 6) is -0.639. The second-order valence-corrected chi connectivity index (χ2v) is 7.17. The van der Waals surface area contributed by atoms with E-state index in [1.54, 1.807) is 18.2 Å². The van der Waals surface area contributed by atoms with E-state index >= 15 is 0 Å². The fraction of sp³-hybridized carbons (Fsp3) is 0.0769. The van der Waals surface area contributed by atoms with Gasteiger partial charge >= 0.3 is 0 Å². The lowest BCUT2D eigenvalue weighted by Crippen LogP contribution is -2.13. The maximum absolute atomic E-state index is 13.7. The number of nitrogens with one attached hydrogen (secondary N) is 1. The zero-order chi connectivity index (χ0) is 14.8. The maximum atomic E-state index is 13.7. The van der Waals surface area contributed by atoms with Crippen LogP contribution in [0.3, 0.4) is 0 Å². The third kappa shape index (κ3) is 3.59. The van der Waals surface area contributed by atoms with Gasteiger partial charge in [-0.25, -0.2) is 12.8 Å². The first-order chi connectivity index (χ1) is 9.42. The lowest BCUT2D eigenvalue weighted by Gasteiger charge is -2.09. The summed E-state index contributed by atoms with van der Waals surface area (Å²) in [5, 5.41) is 0.641. The molecule has 0 aromatic heterocycles. The van der Waals surface area contributed by atoms with E-state index in [1.165, 1.54) is 24.3 Å². The van der Waals surface area contributed by atoms with Crippen molar-refractivity contribution in [2.75, 3.05) is 4.72 Å². The first-order valence-electron chi connectivity index (χ1n) is 5.55. The van der Waals surface area contributed by atoms with Crippen LogP contribution in [0.5, 0.6) is 0 Å². The molecule has 0 spiro atoms. The molecule has 0 unspecified atom stereocenters. The van der Waals surface area contributed by atoms with Crippen molar-refractivity contribution in [2.24, 2.45) is 0 Å². The van der Waals surface area contributed by atoms with Crippen molar-refractivity contribution in [3.8, 4) is 0 Å². The van der Waals surface area contributed by atoms with Crippen LogP contribution >= 0.6 is 31.9 Å². The molecule has 2 aromatic rings. The molecule has 0 aliphatic carbocycles. The third-order valence-corrected chi connectivity index (χ3v) is 5.09. The van der Waals surface area contributed by atoms with Crippen LogP contribution < -0.4 is 4.72 Å². The summed E-state index contributed by atoms with van der Waals surface area (Å²) in [6.07, 6.45) is 0. The minimum Gasteiger partial charge on any atom is -0.277 e. The lowest BCUT2D eigenvalue weighted by molar-refractivity contribution is 0.598. The van der Waals surface area contributed by atoms with Gasteiger partial charge in [0, 0.05) is 9.80 Å². The third-order valence-electron chi connectivity index (χ3n) is 2.56. The van der Waals surface area contributed by atoms with Crippen LogP contribution in [0.25, 0.3) is 0 Å². The summed E-state index contributed by atoms with van der Waals surface area (Å²) in [4.78, 5) is 0.0875. The number of hydrogen-bond acceptors (Lipinski definition) is 2. The monoisotopic (exact) mass is 421 g/mol. The zero-order valence-corrected chi connectivity index (χ0v) is 14.1. The molecule has 0 saturated heterocycles. The van der Waals surface area contributed by atoms with Gasteiger partial charge in [-0.3, -0.25) is 4.72 Å². The molecule has 7 heteroatoms.